The lowest BCUT2D eigenvalue weighted by molar-refractivity contribution is -0.123. The van der Waals surface area contributed by atoms with Gasteiger partial charge < -0.3 is 5.32 Å². The van der Waals surface area contributed by atoms with Crippen LogP contribution in [0.4, 0.5) is 10.8 Å². The first-order valence-corrected chi connectivity index (χ1v) is 13.6. The van der Waals surface area contributed by atoms with E-state index < -0.39 is 15.4 Å². The number of carbonyl (C=O) groups is 1. The maximum Gasteiger partial charge on any atom is 0.291 e. The lowest BCUT2D eigenvalue weighted by Crippen LogP contribution is -2.48. The second kappa shape index (κ2) is 7.52. The number of nitrogens with zero attached hydrogens (tertiary/aromatic N) is 2. The van der Waals surface area contributed by atoms with Gasteiger partial charge in [0, 0.05) is 11.1 Å². The Morgan fingerprint density at radius 3 is 2.09 bits per heavy atom. The molecule has 9 heteroatoms. The quantitative estimate of drug-likeness (QED) is 0.607. The molecule has 4 bridgehead atoms. The third kappa shape index (κ3) is 4.05. The van der Waals surface area contributed by atoms with Crippen LogP contribution in [-0.4, -0.2) is 24.5 Å². The largest absolute Gasteiger partial charge is 0.300 e. The Kier molecular flexibility index (Phi) is 5.13. The second-order valence-corrected chi connectivity index (χ2v) is 13.8. The molecule has 32 heavy (non-hydrogen) atoms. The van der Waals surface area contributed by atoms with Crippen LogP contribution in [0.3, 0.4) is 0 Å². The summed E-state index contributed by atoms with van der Waals surface area (Å²) in [6, 6.07) is 7.91. The fraction of sp³-hybridized carbons (Fsp3) is 0.609. The van der Waals surface area contributed by atoms with Gasteiger partial charge in [-0.1, -0.05) is 44.2 Å². The fourth-order valence-electron chi connectivity index (χ4n) is 6.21. The highest BCUT2D eigenvalue weighted by Crippen LogP contribution is 2.60. The molecule has 1 amide bonds. The molecular formula is C23H30N4O3S2. The van der Waals surface area contributed by atoms with Crippen molar-refractivity contribution in [3.63, 3.8) is 0 Å². The Morgan fingerprint density at radius 1 is 1.00 bits per heavy atom. The van der Waals surface area contributed by atoms with Crippen molar-refractivity contribution < 1.29 is 13.2 Å². The molecule has 4 saturated carbocycles. The minimum Gasteiger partial charge on any atom is -0.300 e. The van der Waals surface area contributed by atoms with Crippen molar-refractivity contribution in [2.24, 2.45) is 23.2 Å². The van der Waals surface area contributed by atoms with E-state index in [1.807, 2.05) is 12.1 Å². The van der Waals surface area contributed by atoms with Crippen molar-refractivity contribution in [3.8, 4) is 0 Å². The molecule has 0 saturated heterocycles. The summed E-state index contributed by atoms with van der Waals surface area (Å²) in [7, 11) is -3.88. The maximum atomic E-state index is 12.8. The predicted molar refractivity (Wildman–Crippen MR) is 125 cm³/mol. The molecule has 0 atom stereocenters. The average Bonchev–Trinajstić information content (AvgIpc) is 3.16. The zero-order valence-electron chi connectivity index (χ0n) is 18.7. The first-order chi connectivity index (χ1) is 15.0. The summed E-state index contributed by atoms with van der Waals surface area (Å²) < 4.78 is 28.0. The van der Waals surface area contributed by atoms with Gasteiger partial charge in [-0.25, -0.2) is 0 Å². The van der Waals surface area contributed by atoms with Crippen molar-refractivity contribution in [1.82, 2.24) is 10.2 Å². The molecule has 2 aromatic rings. The molecule has 4 fully saturated rings. The van der Waals surface area contributed by atoms with Crippen LogP contribution in [0.5, 0.6) is 0 Å². The molecule has 7 nitrogen and oxygen atoms in total. The highest BCUT2D eigenvalue weighted by Gasteiger charge is 2.51. The van der Waals surface area contributed by atoms with Crippen LogP contribution in [0, 0.1) is 23.2 Å². The van der Waals surface area contributed by atoms with Gasteiger partial charge in [-0.05, 0) is 79.4 Å². The van der Waals surface area contributed by atoms with E-state index in [1.165, 1.54) is 44.1 Å². The first-order valence-electron chi connectivity index (χ1n) is 11.3. The maximum absolute atomic E-state index is 12.8. The zero-order valence-corrected chi connectivity index (χ0v) is 20.4. The lowest BCUT2D eigenvalue weighted by atomic mass is 9.48. The van der Waals surface area contributed by atoms with Gasteiger partial charge >= 0.3 is 0 Å². The highest BCUT2D eigenvalue weighted by atomic mass is 32.2. The number of rotatable bonds is 5. The van der Waals surface area contributed by atoms with Gasteiger partial charge in [0.25, 0.3) is 14.4 Å². The number of benzene rings is 1. The molecule has 172 valence electrons. The van der Waals surface area contributed by atoms with E-state index in [4.69, 9.17) is 0 Å². The molecule has 1 heterocycles. The molecule has 4 aliphatic carbocycles. The fourth-order valence-corrected chi connectivity index (χ4v) is 8.16. The van der Waals surface area contributed by atoms with Crippen molar-refractivity contribution >= 4 is 38.1 Å². The van der Waals surface area contributed by atoms with Gasteiger partial charge in [-0.15, -0.1) is 10.2 Å². The number of nitrogens with one attached hydrogen (secondary N) is 2. The van der Waals surface area contributed by atoms with Crippen molar-refractivity contribution in [1.29, 1.82) is 0 Å². The number of carbonyl (C=O) groups excluding carboxylic acids is 1. The van der Waals surface area contributed by atoms with E-state index in [-0.39, 0.29) is 20.8 Å². The zero-order chi connectivity index (χ0) is 22.7. The third-order valence-corrected chi connectivity index (χ3v) is 9.91. The van der Waals surface area contributed by atoms with E-state index in [9.17, 15) is 13.2 Å². The van der Waals surface area contributed by atoms with Gasteiger partial charge in [0.05, 0.1) is 0 Å². The van der Waals surface area contributed by atoms with Crippen LogP contribution in [0.25, 0.3) is 0 Å². The molecule has 2 N–H and O–H groups in total. The molecule has 6 rings (SSSR count). The van der Waals surface area contributed by atoms with Crippen LogP contribution in [0.15, 0.2) is 28.6 Å². The summed E-state index contributed by atoms with van der Waals surface area (Å²) in [4.78, 5) is 12.1. The number of hydrogen-bond acceptors (Lipinski definition) is 6. The monoisotopic (exact) mass is 474 g/mol. The lowest BCUT2D eigenvalue weighted by Gasteiger charge is -2.57. The van der Waals surface area contributed by atoms with E-state index in [1.54, 1.807) is 20.8 Å². The Hall–Kier alpha value is -2.00. The standard InChI is InChI=1S/C23H30N4O3S2/c1-22(2,3)19(28)24-20-25-26-21(31-20)32(29,30)27-18-6-4-17(5-7-18)23-11-14-8-15(12-23)10-16(9-14)13-23/h4-7,14-16,27H,8-13H2,1-3H3,(H,24,25,28). The van der Waals surface area contributed by atoms with E-state index in [0.717, 1.165) is 29.1 Å². The van der Waals surface area contributed by atoms with Crippen LogP contribution in [0.2, 0.25) is 0 Å². The van der Waals surface area contributed by atoms with Crippen LogP contribution in [-0.2, 0) is 20.2 Å². The van der Waals surface area contributed by atoms with Gasteiger partial charge in [-0.2, -0.15) is 8.42 Å². The Bertz CT molecular complexity index is 1100. The van der Waals surface area contributed by atoms with Gasteiger partial charge in [0.1, 0.15) is 0 Å². The topological polar surface area (TPSA) is 101 Å². The first kappa shape index (κ1) is 21.8. The molecule has 0 unspecified atom stereocenters. The van der Waals surface area contributed by atoms with Crippen molar-refractivity contribution in [3.05, 3.63) is 29.8 Å². The molecule has 4 aliphatic rings. The molecular weight excluding hydrogens is 444 g/mol. The van der Waals surface area contributed by atoms with Crippen LogP contribution < -0.4 is 10.0 Å². The summed E-state index contributed by atoms with van der Waals surface area (Å²) in [5.74, 6) is 2.35. The smallest absolute Gasteiger partial charge is 0.291 e. The second-order valence-electron chi connectivity index (χ2n) is 11.0. The van der Waals surface area contributed by atoms with Gasteiger partial charge in [-0.3, -0.25) is 9.52 Å². The van der Waals surface area contributed by atoms with Gasteiger partial charge in [0.15, 0.2) is 0 Å². The summed E-state index contributed by atoms with van der Waals surface area (Å²) in [6.07, 6.45) is 8.03. The average molecular weight is 475 g/mol. The molecule has 1 aromatic heterocycles. The summed E-state index contributed by atoms with van der Waals surface area (Å²) in [5, 5.41) is 10.4. The number of hydrogen-bond donors (Lipinski definition) is 2. The highest BCUT2D eigenvalue weighted by molar-refractivity contribution is 7.94. The number of amides is 1. The van der Waals surface area contributed by atoms with Crippen LogP contribution in [0.1, 0.15) is 64.9 Å². The number of sulfonamides is 1. The van der Waals surface area contributed by atoms with Crippen molar-refractivity contribution in [2.45, 2.75) is 69.1 Å². The summed E-state index contributed by atoms with van der Waals surface area (Å²) in [6.45, 7) is 5.32. The molecule has 0 spiro atoms. The molecule has 1 aromatic carbocycles. The number of aromatic nitrogens is 2. The molecule has 0 radical (unpaired) electrons. The number of anilines is 2. The van der Waals surface area contributed by atoms with E-state index in [0.29, 0.717) is 5.69 Å². The Labute approximate surface area is 193 Å². The SMILES string of the molecule is CC(C)(C)C(=O)Nc1nnc(S(=O)(=O)Nc2ccc(C34CC5CC(CC(C5)C3)C4)cc2)s1. The van der Waals surface area contributed by atoms with Crippen LogP contribution >= 0.6 is 11.3 Å². The third-order valence-electron chi connectivity index (χ3n) is 7.33. The predicted octanol–water partition coefficient (Wildman–Crippen LogP) is 4.79. The van der Waals surface area contributed by atoms with Gasteiger partial charge in [0.2, 0.25) is 11.0 Å². The minimum atomic E-state index is -3.88. The normalized spacial score (nSPS) is 29.2. The minimum absolute atomic E-state index is 0.169. The Balaban J connectivity index is 1.29. The van der Waals surface area contributed by atoms with E-state index >= 15 is 0 Å². The summed E-state index contributed by atoms with van der Waals surface area (Å²) >= 11 is 0.841. The van der Waals surface area contributed by atoms with Crippen molar-refractivity contribution in [2.75, 3.05) is 10.0 Å². The summed E-state index contributed by atoms with van der Waals surface area (Å²) in [5.41, 5.74) is 1.53. The molecule has 0 aliphatic heterocycles. The van der Waals surface area contributed by atoms with E-state index in [2.05, 4.69) is 32.4 Å². The Morgan fingerprint density at radius 2 is 1.56 bits per heavy atom.